The van der Waals surface area contributed by atoms with Gasteiger partial charge in [-0.15, -0.1) is 0 Å². The first-order valence-electron chi connectivity index (χ1n) is 9.28. The van der Waals surface area contributed by atoms with Crippen LogP contribution in [0, 0.1) is 3.57 Å². The van der Waals surface area contributed by atoms with Crippen LogP contribution in [-0.2, 0) is 6.54 Å². The Bertz CT molecular complexity index is 1010. The van der Waals surface area contributed by atoms with E-state index in [2.05, 4.69) is 52.4 Å². The number of fused-ring (bicyclic) bond motifs is 2. The number of imidazole rings is 1. The normalized spacial score (nSPS) is 13.0. The van der Waals surface area contributed by atoms with Crippen LogP contribution in [0.1, 0.15) is 20.3 Å². The van der Waals surface area contributed by atoms with Crippen molar-refractivity contribution in [2.24, 2.45) is 0 Å². The third-order valence-corrected chi connectivity index (χ3v) is 6.82. The molecule has 0 saturated heterocycles. The number of aromatic nitrogens is 2. The average molecular weight is 509 g/mol. The highest BCUT2D eigenvalue weighted by atomic mass is 127. The summed E-state index contributed by atoms with van der Waals surface area (Å²) >= 11 is 3.97. The quantitative estimate of drug-likeness (QED) is 0.278. The second kappa shape index (κ2) is 8.38. The molecule has 148 valence electrons. The van der Waals surface area contributed by atoms with Crippen molar-refractivity contribution >= 4 is 51.1 Å². The van der Waals surface area contributed by atoms with Gasteiger partial charge in [0.05, 0.1) is 11.2 Å². The summed E-state index contributed by atoms with van der Waals surface area (Å²) in [6.45, 7) is 6.44. The number of para-hydroxylation sites is 1. The average Bonchev–Trinajstić information content (AvgIpc) is 3.24. The molecule has 0 saturated carbocycles. The predicted molar refractivity (Wildman–Crippen MR) is 121 cm³/mol. The maximum absolute atomic E-state index is 6.19. The van der Waals surface area contributed by atoms with Gasteiger partial charge in [-0.25, -0.2) is 4.98 Å². The number of nitrogen functional groups attached to an aromatic ring is 1. The second-order valence-corrected chi connectivity index (χ2v) is 9.13. The number of hydrogen-bond acceptors (Lipinski definition) is 6. The highest BCUT2D eigenvalue weighted by Crippen LogP contribution is 2.41. The highest BCUT2D eigenvalue weighted by Gasteiger charge is 2.20. The molecule has 4 rings (SSSR count). The third-order valence-electron chi connectivity index (χ3n) is 4.51. The van der Waals surface area contributed by atoms with Crippen molar-refractivity contribution < 1.29 is 9.47 Å². The lowest BCUT2D eigenvalue weighted by Gasteiger charge is -2.12. The van der Waals surface area contributed by atoms with Crippen molar-refractivity contribution in [2.75, 3.05) is 19.1 Å². The molecule has 1 aliphatic heterocycles. The second-order valence-electron chi connectivity index (χ2n) is 6.96. The summed E-state index contributed by atoms with van der Waals surface area (Å²) in [5.74, 6) is 1.58. The largest absolute Gasteiger partial charge is 0.454 e. The first-order chi connectivity index (χ1) is 13.5. The number of nitrogens with one attached hydrogen (secondary N) is 1. The van der Waals surface area contributed by atoms with Crippen LogP contribution in [0.25, 0.3) is 11.0 Å². The van der Waals surface area contributed by atoms with Gasteiger partial charge >= 0.3 is 0 Å². The summed E-state index contributed by atoms with van der Waals surface area (Å²) in [6.07, 6.45) is 1.02. The Morgan fingerprint density at radius 3 is 2.86 bits per heavy atom. The summed E-state index contributed by atoms with van der Waals surface area (Å²) in [7, 11) is 0. The van der Waals surface area contributed by atoms with Crippen LogP contribution in [0.4, 0.5) is 5.69 Å². The van der Waals surface area contributed by atoms with E-state index in [-0.39, 0.29) is 6.79 Å². The molecule has 8 heteroatoms. The van der Waals surface area contributed by atoms with Crippen LogP contribution in [-0.4, -0.2) is 28.9 Å². The number of nitrogens with two attached hydrogens (primary N) is 1. The van der Waals surface area contributed by atoms with E-state index in [1.54, 1.807) is 11.8 Å². The molecule has 0 radical (unpaired) electrons. The number of nitrogens with zero attached hydrogens (tertiary/aromatic N) is 2. The molecule has 2 aromatic carbocycles. The number of hydrogen-bond donors (Lipinski definition) is 2. The minimum absolute atomic E-state index is 0.275. The fraction of sp³-hybridized carbons (Fsp3) is 0.350. The number of anilines is 1. The SMILES string of the molecule is CC(C)NCCCn1c(Sc2cc3c(cc2I)O[11CH2]O3)nc2c(N)cccc21. The summed E-state index contributed by atoms with van der Waals surface area (Å²) in [4.78, 5) is 5.96. The molecule has 6 nitrogen and oxygen atoms in total. The van der Waals surface area contributed by atoms with E-state index < -0.39 is 0 Å². The molecule has 1 aromatic heterocycles. The Balaban J connectivity index is 1.66. The fourth-order valence-electron chi connectivity index (χ4n) is 3.14. The summed E-state index contributed by atoms with van der Waals surface area (Å²) in [5, 5.41) is 4.42. The van der Waals surface area contributed by atoms with Gasteiger partial charge in [0.2, 0.25) is 6.79 Å². The number of rotatable bonds is 7. The minimum atomic E-state index is 0.275. The molecule has 0 bridgehead atoms. The van der Waals surface area contributed by atoms with Gasteiger partial charge in [-0.05, 0) is 59.8 Å². The first-order valence-corrected chi connectivity index (χ1v) is 11.2. The molecule has 28 heavy (non-hydrogen) atoms. The summed E-state index contributed by atoms with van der Waals surface area (Å²) < 4.78 is 14.4. The first kappa shape index (κ1) is 19.7. The van der Waals surface area contributed by atoms with Crippen molar-refractivity contribution in [3.8, 4) is 11.5 Å². The van der Waals surface area contributed by atoms with Gasteiger partial charge in [0.1, 0.15) is 5.52 Å². The lowest BCUT2D eigenvalue weighted by molar-refractivity contribution is 0.174. The topological polar surface area (TPSA) is 74.3 Å². The summed E-state index contributed by atoms with van der Waals surface area (Å²) in [5.41, 5.74) is 8.83. The molecular weight excluding hydrogens is 486 g/mol. The molecule has 0 fully saturated rings. The van der Waals surface area contributed by atoms with E-state index in [0.29, 0.717) is 11.7 Å². The van der Waals surface area contributed by atoms with Crippen LogP contribution in [0.5, 0.6) is 11.5 Å². The van der Waals surface area contributed by atoms with Gasteiger partial charge in [0.15, 0.2) is 16.7 Å². The Morgan fingerprint density at radius 2 is 2.07 bits per heavy atom. The van der Waals surface area contributed by atoms with Crippen molar-refractivity contribution in [1.82, 2.24) is 14.9 Å². The van der Waals surface area contributed by atoms with Gasteiger partial charge in [-0.1, -0.05) is 31.7 Å². The summed E-state index contributed by atoms with van der Waals surface area (Å²) in [6, 6.07) is 10.5. The zero-order chi connectivity index (χ0) is 19.7. The molecule has 0 spiro atoms. The zero-order valence-electron chi connectivity index (χ0n) is 15.9. The van der Waals surface area contributed by atoms with E-state index in [4.69, 9.17) is 20.2 Å². The predicted octanol–water partition coefficient (Wildman–Crippen LogP) is 4.49. The van der Waals surface area contributed by atoms with Crippen LogP contribution in [0.3, 0.4) is 0 Å². The zero-order valence-corrected chi connectivity index (χ0v) is 18.8. The van der Waals surface area contributed by atoms with E-state index in [1.807, 2.05) is 24.3 Å². The van der Waals surface area contributed by atoms with Gasteiger partial charge in [0, 0.05) is 21.1 Å². The number of ether oxygens (including phenoxy) is 2. The molecule has 0 amide bonds. The van der Waals surface area contributed by atoms with Gasteiger partial charge in [-0.3, -0.25) is 0 Å². The van der Waals surface area contributed by atoms with Gasteiger partial charge in [-0.2, -0.15) is 0 Å². The molecule has 0 unspecified atom stereocenters. The maximum atomic E-state index is 6.19. The Kier molecular flexibility index (Phi) is 5.88. The van der Waals surface area contributed by atoms with Crippen LogP contribution in [0.15, 0.2) is 40.4 Å². The van der Waals surface area contributed by atoms with Gasteiger partial charge in [0.25, 0.3) is 0 Å². The molecule has 3 N–H and O–H groups in total. The Hall–Kier alpha value is -1.65. The standard InChI is InChI=1S/C20H23IN4O2S/c1-12(2)23-7-4-8-25-15-6-3-5-14(22)19(15)24-20(25)28-18-10-17-16(9-13(18)21)26-11-27-17/h3,5-6,9-10,12,23H,4,7-8,11,22H2,1-2H3/i11-1. The molecule has 2 heterocycles. The van der Waals surface area contributed by atoms with Gasteiger partial charge < -0.3 is 25.1 Å². The molecular formula is C20H23IN4O2S. The van der Waals surface area contributed by atoms with Crippen LogP contribution >= 0.6 is 34.4 Å². The van der Waals surface area contributed by atoms with E-state index >= 15 is 0 Å². The van der Waals surface area contributed by atoms with Crippen LogP contribution < -0.4 is 20.5 Å². The van der Waals surface area contributed by atoms with E-state index in [1.165, 1.54) is 0 Å². The van der Waals surface area contributed by atoms with Crippen molar-refractivity contribution in [1.29, 1.82) is 0 Å². The van der Waals surface area contributed by atoms with Crippen molar-refractivity contribution in [3.63, 3.8) is 0 Å². The number of aryl methyl sites for hydroxylation is 1. The monoisotopic (exact) mass is 509 g/mol. The molecule has 1 aliphatic rings. The Morgan fingerprint density at radius 1 is 1.29 bits per heavy atom. The number of benzene rings is 2. The fourth-order valence-corrected chi connectivity index (χ4v) is 4.87. The molecule has 0 aliphatic carbocycles. The van der Waals surface area contributed by atoms with Crippen molar-refractivity contribution in [2.45, 2.75) is 42.9 Å². The van der Waals surface area contributed by atoms with Crippen molar-refractivity contribution in [3.05, 3.63) is 33.9 Å². The highest BCUT2D eigenvalue weighted by molar-refractivity contribution is 14.1. The lowest BCUT2D eigenvalue weighted by Crippen LogP contribution is -2.24. The molecule has 3 aromatic rings. The Labute approximate surface area is 182 Å². The maximum Gasteiger partial charge on any atom is 0.231 e. The lowest BCUT2D eigenvalue weighted by atomic mass is 10.2. The third kappa shape index (κ3) is 4.04. The minimum Gasteiger partial charge on any atom is -0.454 e. The van der Waals surface area contributed by atoms with Crippen LogP contribution in [0.2, 0.25) is 0 Å². The number of halogens is 1. The van der Waals surface area contributed by atoms with E-state index in [0.717, 1.165) is 55.7 Å². The smallest absolute Gasteiger partial charge is 0.231 e. The molecule has 0 atom stereocenters. The van der Waals surface area contributed by atoms with E-state index in [9.17, 15) is 0 Å².